The van der Waals surface area contributed by atoms with Gasteiger partial charge in [0.05, 0.1) is 29.3 Å². The van der Waals surface area contributed by atoms with Crippen molar-refractivity contribution < 1.29 is 19.0 Å². The van der Waals surface area contributed by atoms with Crippen LogP contribution in [0.1, 0.15) is 31.0 Å². The zero-order valence-electron chi connectivity index (χ0n) is 19.0. The molecular weight excluding hydrogens is 434 g/mol. The molecule has 0 unspecified atom stereocenters. The van der Waals surface area contributed by atoms with E-state index in [1.165, 1.54) is 0 Å². The summed E-state index contributed by atoms with van der Waals surface area (Å²) in [5.74, 6) is 0.317. The fourth-order valence-corrected chi connectivity index (χ4v) is 4.37. The first kappa shape index (κ1) is 21.9. The van der Waals surface area contributed by atoms with Gasteiger partial charge in [0, 0.05) is 19.6 Å². The highest BCUT2D eigenvalue weighted by Crippen LogP contribution is 2.33. The van der Waals surface area contributed by atoms with Gasteiger partial charge >= 0.3 is 0 Å². The molecule has 3 atom stereocenters. The van der Waals surface area contributed by atoms with Gasteiger partial charge in [0.2, 0.25) is 12.7 Å². The van der Waals surface area contributed by atoms with Crippen LogP contribution in [-0.4, -0.2) is 48.0 Å². The second kappa shape index (κ2) is 9.15. The Morgan fingerprint density at radius 2 is 1.82 bits per heavy atom. The van der Waals surface area contributed by atoms with E-state index in [1.54, 1.807) is 6.07 Å². The summed E-state index contributed by atoms with van der Waals surface area (Å²) in [6.07, 6.45) is -0.0181. The van der Waals surface area contributed by atoms with Gasteiger partial charge in [0.25, 0.3) is 0 Å². The van der Waals surface area contributed by atoms with Crippen LogP contribution in [0.2, 0.25) is 0 Å². The monoisotopic (exact) mass is 459 g/mol. The lowest BCUT2D eigenvalue weighted by Gasteiger charge is -2.37. The van der Waals surface area contributed by atoms with Gasteiger partial charge < -0.3 is 24.4 Å². The van der Waals surface area contributed by atoms with Crippen molar-refractivity contribution in [2.45, 2.75) is 38.5 Å². The van der Waals surface area contributed by atoms with Crippen LogP contribution in [-0.2, 0) is 16.1 Å². The van der Waals surface area contributed by atoms with Crippen LogP contribution in [0, 0.1) is 11.3 Å². The van der Waals surface area contributed by atoms with E-state index in [2.05, 4.69) is 16.3 Å². The summed E-state index contributed by atoms with van der Waals surface area (Å²) >= 11 is 0. The Hall–Kier alpha value is -3.90. The molecule has 2 aromatic carbocycles. The van der Waals surface area contributed by atoms with E-state index >= 15 is 0 Å². The van der Waals surface area contributed by atoms with Crippen molar-refractivity contribution in [3.05, 3.63) is 53.7 Å². The molecule has 9 heteroatoms. The van der Waals surface area contributed by atoms with Crippen LogP contribution in [0.25, 0.3) is 11.0 Å². The SMILES string of the molecule is C[C@H]1CN(c2nc3ccccc3nc2[C@@H](C#N)C(=O)NCc2ccc3c(c2)OCO3)C[C@H](C)O1. The lowest BCUT2D eigenvalue weighted by atomic mass is 10.0. The molecule has 1 fully saturated rings. The van der Waals surface area contributed by atoms with Gasteiger partial charge in [-0.3, -0.25) is 4.79 Å². The highest BCUT2D eigenvalue weighted by Gasteiger charge is 2.32. The van der Waals surface area contributed by atoms with Crippen LogP contribution in [0.5, 0.6) is 11.5 Å². The van der Waals surface area contributed by atoms with E-state index in [-0.39, 0.29) is 25.5 Å². The van der Waals surface area contributed by atoms with Gasteiger partial charge in [-0.25, -0.2) is 9.97 Å². The Bertz CT molecular complexity index is 1260. The van der Waals surface area contributed by atoms with E-state index in [0.29, 0.717) is 47.1 Å². The van der Waals surface area contributed by atoms with Crippen LogP contribution >= 0.6 is 0 Å². The molecule has 1 saturated heterocycles. The number of hydrogen-bond acceptors (Lipinski definition) is 8. The summed E-state index contributed by atoms with van der Waals surface area (Å²) in [6, 6.07) is 15.1. The van der Waals surface area contributed by atoms with Gasteiger partial charge in [-0.15, -0.1) is 0 Å². The molecule has 0 saturated carbocycles. The number of fused-ring (bicyclic) bond motifs is 2. The molecule has 0 bridgehead atoms. The average molecular weight is 460 g/mol. The summed E-state index contributed by atoms with van der Waals surface area (Å²) in [7, 11) is 0. The lowest BCUT2D eigenvalue weighted by Crippen LogP contribution is -2.46. The Kier molecular flexibility index (Phi) is 5.90. The molecule has 174 valence electrons. The van der Waals surface area contributed by atoms with Crippen molar-refractivity contribution in [3.63, 3.8) is 0 Å². The Morgan fingerprint density at radius 3 is 2.56 bits per heavy atom. The maximum absolute atomic E-state index is 13.2. The molecule has 5 rings (SSSR count). The normalized spacial score (nSPS) is 20.1. The molecule has 1 N–H and O–H groups in total. The molecule has 2 aliphatic heterocycles. The number of carbonyl (C=O) groups is 1. The van der Waals surface area contributed by atoms with Crippen molar-refractivity contribution in [1.29, 1.82) is 5.26 Å². The van der Waals surface area contributed by atoms with Crippen molar-refractivity contribution in [2.75, 3.05) is 24.8 Å². The van der Waals surface area contributed by atoms with Gasteiger partial charge in [0.1, 0.15) is 5.69 Å². The number of ether oxygens (including phenoxy) is 3. The minimum absolute atomic E-state index is 0.00904. The summed E-state index contributed by atoms with van der Waals surface area (Å²) < 4.78 is 16.6. The third-order valence-corrected chi connectivity index (χ3v) is 5.87. The largest absolute Gasteiger partial charge is 0.454 e. The third kappa shape index (κ3) is 4.32. The molecule has 0 spiro atoms. The number of rotatable bonds is 5. The molecule has 3 aromatic rings. The number of benzene rings is 2. The van der Waals surface area contributed by atoms with E-state index in [4.69, 9.17) is 24.2 Å². The predicted molar refractivity (Wildman–Crippen MR) is 125 cm³/mol. The Balaban J connectivity index is 1.44. The van der Waals surface area contributed by atoms with E-state index in [1.807, 2.05) is 50.2 Å². The highest BCUT2D eigenvalue weighted by atomic mass is 16.7. The summed E-state index contributed by atoms with van der Waals surface area (Å²) in [5, 5.41) is 12.9. The van der Waals surface area contributed by atoms with Crippen molar-refractivity contribution in [3.8, 4) is 17.6 Å². The molecule has 3 heterocycles. The topological polar surface area (TPSA) is 110 Å². The first-order chi connectivity index (χ1) is 16.5. The highest BCUT2D eigenvalue weighted by molar-refractivity contribution is 5.88. The molecular formula is C25H25N5O4. The molecule has 34 heavy (non-hydrogen) atoms. The van der Waals surface area contributed by atoms with Crippen LogP contribution in [0.3, 0.4) is 0 Å². The number of para-hydroxylation sites is 2. The fraction of sp³-hybridized carbons (Fsp3) is 0.360. The maximum atomic E-state index is 13.2. The Labute approximate surface area is 197 Å². The molecule has 1 aromatic heterocycles. The van der Waals surface area contributed by atoms with Gasteiger partial charge in [-0.1, -0.05) is 18.2 Å². The number of hydrogen-bond donors (Lipinski definition) is 1. The number of nitriles is 1. The summed E-state index contributed by atoms with van der Waals surface area (Å²) in [5.41, 5.74) is 2.55. The number of amides is 1. The minimum atomic E-state index is -1.12. The van der Waals surface area contributed by atoms with E-state index in [9.17, 15) is 10.1 Å². The molecule has 0 radical (unpaired) electrons. The first-order valence-corrected chi connectivity index (χ1v) is 11.2. The number of carbonyl (C=O) groups excluding carboxylic acids is 1. The Morgan fingerprint density at radius 1 is 1.12 bits per heavy atom. The molecule has 1 amide bonds. The van der Waals surface area contributed by atoms with E-state index < -0.39 is 11.8 Å². The van der Waals surface area contributed by atoms with E-state index in [0.717, 1.165) is 5.56 Å². The predicted octanol–water partition coefficient (Wildman–Crippen LogP) is 2.90. The molecule has 2 aliphatic rings. The van der Waals surface area contributed by atoms with Crippen LogP contribution < -0.4 is 19.7 Å². The number of nitrogens with zero attached hydrogens (tertiary/aromatic N) is 4. The fourth-order valence-electron chi connectivity index (χ4n) is 4.37. The van der Waals surface area contributed by atoms with Gasteiger partial charge in [-0.2, -0.15) is 5.26 Å². The molecule has 9 nitrogen and oxygen atoms in total. The second-order valence-corrected chi connectivity index (χ2v) is 8.55. The van der Waals surface area contributed by atoms with Crippen LogP contribution in [0.15, 0.2) is 42.5 Å². The minimum Gasteiger partial charge on any atom is -0.454 e. The molecule has 0 aliphatic carbocycles. The van der Waals surface area contributed by atoms with Crippen molar-refractivity contribution in [1.82, 2.24) is 15.3 Å². The average Bonchev–Trinajstić information content (AvgIpc) is 3.30. The van der Waals surface area contributed by atoms with Gasteiger partial charge in [0.15, 0.2) is 23.2 Å². The lowest BCUT2D eigenvalue weighted by molar-refractivity contribution is -0.121. The number of anilines is 1. The standard InChI is InChI=1S/C25H25N5O4/c1-15-12-30(13-16(2)34-15)24-23(28-19-5-3-4-6-20(19)29-24)18(10-26)25(31)27-11-17-7-8-21-22(9-17)33-14-32-21/h3-9,15-16,18H,11-14H2,1-2H3,(H,27,31)/t15-,16-,18+/m0/s1. The quantitative estimate of drug-likeness (QED) is 0.620. The van der Waals surface area contributed by atoms with Gasteiger partial charge in [-0.05, 0) is 43.7 Å². The van der Waals surface area contributed by atoms with Crippen molar-refractivity contribution >= 4 is 22.8 Å². The summed E-state index contributed by atoms with van der Waals surface area (Å²) in [4.78, 5) is 24.8. The number of morpholine rings is 1. The zero-order chi connectivity index (χ0) is 23.7. The maximum Gasteiger partial charge on any atom is 0.243 e. The second-order valence-electron chi connectivity index (χ2n) is 8.55. The number of nitrogens with one attached hydrogen (secondary N) is 1. The smallest absolute Gasteiger partial charge is 0.243 e. The van der Waals surface area contributed by atoms with Crippen LogP contribution in [0.4, 0.5) is 5.82 Å². The first-order valence-electron chi connectivity index (χ1n) is 11.2. The third-order valence-electron chi connectivity index (χ3n) is 5.87. The summed E-state index contributed by atoms with van der Waals surface area (Å²) in [6.45, 7) is 5.62. The zero-order valence-corrected chi connectivity index (χ0v) is 19.0. The van der Waals surface area contributed by atoms with Crippen molar-refractivity contribution in [2.24, 2.45) is 0 Å². The number of aromatic nitrogens is 2.